The summed E-state index contributed by atoms with van der Waals surface area (Å²) < 4.78 is 0. The Kier molecular flexibility index (Phi) is 1.39. The minimum atomic E-state index is 0.632. The number of hydrogen-bond acceptors (Lipinski definition) is 1. The van der Waals surface area contributed by atoms with E-state index >= 15 is 0 Å². The highest BCUT2D eigenvalue weighted by Gasteiger charge is 2.24. The van der Waals surface area contributed by atoms with Crippen molar-refractivity contribution in [2.75, 3.05) is 0 Å². The van der Waals surface area contributed by atoms with Gasteiger partial charge in [-0.25, -0.2) is 0 Å². The first-order valence-corrected chi connectivity index (χ1v) is 4.78. The highest BCUT2D eigenvalue weighted by atomic mass is 14.8. The third-order valence-electron chi connectivity index (χ3n) is 2.85. The highest BCUT2D eigenvalue weighted by Crippen LogP contribution is 2.33. The Morgan fingerprint density at radius 3 is 3.00 bits per heavy atom. The molecule has 1 aromatic rings. The molecule has 1 fully saturated rings. The molecule has 0 bridgehead atoms. The SMILES string of the molecule is C1=CC2CCC2=Nc2ccccc21. The second kappa shape index (κ2) is 2.56. The maximum atomic E-state index is 4.66. The Balaban J connectivity index is 2.18. The van der Waals surface area contributed by atoms with Crippen molar-refractivity contribution >= 4 is 17.5 Å². The fourth-order valence-electron chi connectivity index (χ4n) is 1.89. The molecular formula is C12H11N. The summed E-state index contributed by atoms with van der Waals surface area (Å²) in [6.07, 6.45) is 6.95. The third kappa shape index (κ3) is 1.04. The minimum Gasteiger partial charge on any atom is -0.257 e. The van der Waals surface area contributed by atoms with Gasteiger partial charge in [0.25, 0.3) is 0 Å². The molecule has 1 saturated carbocycles. The van der Waals surface area contributed by atoms with Gasteiger partial charge in [0, 0.05) is 11.6 Å². The second-order valence-electron chi connectivity index (χ2n) is 3.67. The van der Waals surface area contributed by atoms with Crippen molar-refractivity contribution in [3.63, 3.8) is 0 Å². The summed E-state index contributed by atoms with van der Waals surface area (Å²) in [4.78, 5) is 4.66. The van der Waals surface area contributed by atoms with Gasteiger partial charge in [-0.05, 0) is 24.5 Å². The van der Waals surface area contributed by atoms with Crippen molar-refractivity contribution in [1.29, 1.82) is 0 Å². The van der Waals surface area contributed by atoms with Crippen molar-refractivity contribution in [1.82, 2.24) is 0 Å². The van der Waals surface area contributed by atoms with E-state index in [0.717, 1.165) is 5.69 Å². The molecule has 0 N–H and O–H groups in total. The summed E-state index contributed by atoms with van der Waals surface area (Å²) >= 11 is 0. The van der Waals surface area contributed by atoms with Crippen LogP contribution in [-0.4, -0.2) is 5.71 Å². The van der Waals surface area contributed by atoms with Crippen LogP contribution in [0.4, 0.5) is 5.69 Å². The maximum absolute atomic E-state index is 4.66. The van der Waals surface area contributed by atoms with E-state index in [2.05, 4.69) is 41.4 Å². The summed E-state index contributed by atoms with van der Waals surface area (Å²) in [6.45, 7) is 0. The number of nitrogens with zero attached hydrogens (tertiary/aromatic N) is 1. The molecule has 1 aliphatic heterocycles. The number of hydrogen-bond donors (Lipinski definition) is 0. The van der Waals surface area contributed by atoms with E-state index in [-0.39, 0.29) is 0 Å². The summed E-state index contributed by atoms with van der Waals surface area (Å²) in [5.74, 6) is 0.632. The predicted molar refractivity (Wildman–Crippen MR) is 55.3 cm³/mol. The van der Waals surface area contributed by atoms with Crippen LogP contribution >= 0.6 is 0 Å². The highest BCUT2D eigenvalue weighted by molar-refractivity contribution is 5.97. The van der Waals surface area contributed by atoms with E-state index in [9.17, 15) is 0 Å². The van der Waals surface area contributed by atoms with Crippen LogP contribution in [0.1, 0.15) is 18.4 Å². The standard InChI is InChI=1S/C12H11N/c1-2-4-11-9(3-1)5-6-10-7-8-12(10)13-11/h1-6,10H,7-8H2. The van der Waals surface area contributed by atoms with Gasteiger partial charge < -0.3 is 0 Å². The van der Waals surface area contributed by atoms with Gasteiger partial charge in [-0.2, -0.15) is 0 Å². The first kappa shape index (κ1) is 7.07. The zero-order valence-corrected chi connectivity index (χ0v) is 7.40. The fourth-order valence-corrected chi connectivity index (χ4v) is 1.89. The molecule has 0 aromatic heterocycles. The normalized spacial score (nSPS) is 23.7. The number of benzene rings is 1. The Morgan fingerprint density at radius 1 is 1.23 bits per heavy atom. The number of para-hydroxylation sites is 1. The summed E-state index contributed by atoms with van der Waals surface area (Å²) in [7, 11) is 0. The molecule has 0 radical (unpaired) electrons. The smallest absolute Gasteiger partial charge is 0.0701 e. The van der Waals surface area contributed by atoms with Gasteiger partial charge in [0.15, 0.2) is 0 Å². The molecule has 2 aliphatic rings. The molecule has 1 nitrogen and oxygen atoms in total. The van der Waals surface area contributed by atoms with Gasteiger partial charge in [0.2, 0.25) is 0 Å². The first-order valence-electron chi connectivity index (χ1n) is 4.78. The molecule has 1 atom stereocenters. The van der Waals surface area contributed by atoms with Crippen LogP contribution in [0.3, 0.4) is 0 Å². The Morgan fingerprint density at radius 2 is 2.15 bits per heavy atom. The van der Waals surface area contributed by atoms with Crippen LogP contribution in [0.25, 0.3) is 6.08 Å². The van der Waals surface area contributed by atoms with Crippen LogP contribution < -0.4 is 0 Å². The van der Waals surface area contributed by atoms with Gasteiger partial charge in [0.05, 0.1) is 5.69 Å². The van der Waals surface area contributed by atoms with E-state index in [1.165, 1.54) is 24.1 Å². The van der Waals surface area contributed by atoms with Crippen molar-refractivity contribution < 1.29 is 0 Å². The largest absolute Gasteiger partial charge is 0.257 e. The number of rotatable bonds is 0. The lowest BCUT2D eigenvalue weighted by molar-refractivity contribution is 0.666. The molecule has 1 aliphatic carbocycles. The van der Waals surface area contributed by atoms with Crippen LogP contribution in [0.5, 0.6) is 0 Å². The van der Waals surface area contributed by atoms with Gasteiger partial charge >= 0.3 is 0 Å². The fraction of sp³-hybridized carbons (Fsp3) is 0.250. The van der Waals surface area contributed by atoms with Crippen LogP contribution in [-0.2, 0) is 0 Å². The topological polar surface area (TPSA) is 12.4 Å². The van der Waals surface area contributed by atoms with Crippen LogP contribution in [0, 0.1) is 5.92 Å². The van der Waals surface area contributed by atoms with Gasteiger partial charge in [0.1, 0.15) is 0 Å². The maximum Gasteiger partial charge on any atom is 0.0701 e. The summed E-state index contributed by atoms with van der Waals surface area (Å²) in [5.41, 5.74) is 3.75. The lowest BCUT2D eigenvalue weighted by Crippen LogP contribution is -2.22. The average Bonchev–Trinajstić information content (AvgIpc) is 2.25. The van der Waals surface area contributed by atoms with Crippen molar-refractivity contribution in [2.24, 2.45) is 10.9 Å². The summed E-state index contributed by atoms with van der Waals surface area (Å²) in [5, 5.41) is 0. The van der Waals surface area contributed by atoms with Crippen LogP contribution in [0.15, 0.2) is 35.3 Å². The summed E-state index contributed by atoms with van der Waals surface area (Å²) in [6, 6.07) is 8.33. The lowest BCUT2D eigenvalue weighted by atomic mass is 9.83. The lowest BCUT2D eigenvalue weighted by Gasteiger charge is -2.24. The average molecular weight is 169 g/mol. The Bertz CT molecular complexity index is 401. The second-order valence-corrected chi connectivity index (χ2v) is 3.67. The van der Waals surface area contributed by atoms with Gasteiger partial charge in [-0.3, -0.25) is 4.99 Å². The quantitative estimate of drug-likeness (QED) is 0.565. The van der Waals surface area contributed by atoms with Gasteiger partial charge in [-0.1, -0.05) is 30.4 Å². The van der Waals surface area contributed by atoms with E-state index in [1.807, 2.05) is 0 Å². The monoisotopic (exact) mass is 169 g/mol. The number of allylic oxidation sites excluding steroid dienone is 1. The first-order chi connectivity index (χ1) is 6.43. The molecule has 0 spiro atoms. The van der Waals surface area contributed by atoms with E-state index in [4.69, 9.17) is 0 Å². The molecular weight excluding hydrogens is 158 g/mol. The molecule has 1 aromatic carbocycles. The zero-order chi connectivity index (χ0) is 8.67. The molecule has 64 valence electrons. The van der Waals surface area contributed by atoms with Gasteiger partial charge in [-0.15, -0.1) is 0 Å². The van der Waals surface area contributed by atoms with E-state index in [1.54, 1.807) is 0 Å². The molecule has 1 heteroatoms. The molecule has 0 saturated heterocycles. The minimum absolute atomic E-state index is 0.632. The van der Waals surface area contributed by atoms with Crippen molar-refractivity contribution in [2.45, 2.75) is 12.8 Å². The third-order valence-corrected chi connectivity index (χ3v) is 2.85. The van der Waals surface area contributed by atoms with Crippen molar-refractivity contribution in [3.8, 4) is 0 Å². The van der Waals surface area contributed by atoms with Crippen LogP contribution in [0.2, 0.25) is 0 Å². The Hall–Kier alpha value is -1.37. The molecule has 1 unspecified atom stereocenters. The number of aliphatic imine (C=N–C) groups is 1. The zero-order valence-electron chi connectivity index (χ0n) is 7.40. The molecule has 1 heterocycles. The predicted octanol–water partition coefficient (Wildman–Crippen LogP) is 3.20. The molecule has 3 rings (SSSR count). The Labute approximate surface area is 77.8 Å². The molecule has 13 heavy (non-hydrogen) atoms. The van der Waals surface area contributed by atoms with E-state index in [0.29, 0.717) is 5.92 Å². The van der Waals surface area contributed by atoms with Crippen molar-refractivity contribution in [3.05, 3.63) is 35.9 Å². The number of fused-ring (bicyclic) bond motifs is 2. The van der Waals surface area contributed by atoms with E-state index < -0.39 is 0 Å². The molecule has 0 amide bonds.